The van der Waals surface area contributed by atoms with Gasteiger partial charge < -0.3 is 5.32 Å². The Morgan fingerprint density at radius 2 is 1.65 bits per heavy atom. The molecule has 0 aromatic heterocycles. The first kappa shape index (κ1) is 14.8. The van der Waals surface area contributed by atoms with Crippen LogP contribution in [0.1, 0.15) is 78.1 Å². The van der Waals surface area contributed by atoms with Gasteiger partial charge >= 0.3 is 0 Å². The van der Waals surface area contributed by atoms with Gasteiger partial charge in [-0.3, -0.25) is 4.90 Å². The minimum atomic E-state index is 0.355. The lowest BCUT2D eigenvalue weighted by molar-refractivity contribution is 0.0102. The second-order valence-electron chi connectivity index (χ2n) is 7.87. The van der Waals surface area contributed by atoms with Gasteiger partial charge in [-0.25, -0.2) is 0 Å². The number of nitrogens with zero attached hydrogens (tertiary/aromatic N) is 1. The summed E-state index contributed by atoms with van der Waals surface area (Å²) in [6, 6.07) is 1.73. The summed E-state index contributed by atoms with van der Waals surface area (Å²) in [5.41, 5.74) is 0.355. The highest BCUT2D eigenvalue weighted by atomic mass is 15.3. The molecule has 1 aliphatic heterocycles. The van der Waals surface area contributed by atoms with E-state index in [2.05, 4.69) is 24.1 Å². The lowest BCUT2D eigenvalue weighted by atomic mass is 9.80. The topological polar surface area (TPSA) is 15.3 Å². The molecule has 0 radical (unpaired) electrons. The van der Waals surface area contributed by atoms with E-state index in [9.17, 15) is 0 Å². The highest BCUT2D eigenvalue weighted by Gasteiger charge is 2.41. The standard InChI is InChI=1S/C18H34N2/c1-3-18(2)14-20(16-11-7-8-12-16)17(13-19-18)15-9-5-4-6-10-15/h15-17,19H,3-14H2,1-2H3. The Bertz CT molecular complexity index is 305. The van der Waals surface area contributed by atoms with Gasteiger partial charge in [-0.1, -0.05) is 39.0 Å². The zero-order chi connectivity index (χ0) is 14.0. The lowest BCUT2D eigenvalue weighted by Crippen LogP contribution is -2.66. The fourth-order valence-corrected chi connectivity index (χ4v) is 4.87. The Kier molecular flexibility index (Phi) is 4.72. The van der Waals surface area contributed by atoms with Crippen molar-refractivity contribution in [3.8, 4) is 0 Å². The molecule has 2 unspecified atom stereocenters. The summed E-state index contributed by atoms with van der Waals surface area (Å²) < 4.78 is 0. The molecule has 0 aromatic rings. The summed E-state index contributed by atoms with van der Waals surface area (Å²) in [7, 11) is 0. The van der Waals surface area contributed by atoms with Crippen molar-refractivity contribution in [2.75, 3.05) is 13.1 Å². The summed E-state index contributed by atoms with van der Waals surface area (Å²) in [5, 5.41) is 3.90. The predicted molar refractivity (Wildman–Crippen MR) is 86.0 cm³/mol. The minimum Gasteiger partial charge on any atom is -0.309 e. The van der Waals surface area contributed by atoms with Crippen LogP contribution in [-0.2, 0) is 0 Å². The summed E-state index contributed by atoms with van der Waals surface area (Å²) in [4.78, 5) is 2.96. The third-order valence-electron chi connectivity index (χ3n) is 6.46. The van der Waals surface area contributed by atoms with Crippen LogP contribution in [0.25, 0.3) is 0 Å². The van der Waals surface area contributed by atoms with Crippen LogP contribution in [0.2, 0.25) is 0 Å². The van der Waals surface area contributed by atoms with Crippen LogP contribution in [0, 0.1) is 5.92 Å². The Morgan fingerprint density at radius 1 is 1.00 bits per heavy atom. The van der Waals surface area contributed by atoms with Crippen LogP contribution in [0.15, 0.2) is 0 Å². The van der Waals surface area contributed by atoms with Gasteiger partial charge in [0.05, 0.1) is 0 Å². The maximum Gasteiger partial charge on any atom is 0.0278 e. The molecule has 2 atom stereocenters. The van der Waals surface area contributed by atoms with Crippen LogP contribution < -0.4 is 5.32 Å². The SMILES string of the molecule is CCC1(C)CN(C2CCCC2)C(C2CCCCC2)CN1. The molecule has 0 amide bonds. The molecule has 2 nitrogen and oxygen atoms in total. The quantitative estimate of drug-likeness (QED) is 0.841. The first-order chi connectivity index (χ1) is 9.72. The first-order valence-corrected chi connectivity index (χ1v) is 9.22. The van der Waals surface area contributed by atoms with Gasteiger partial charge in [-0.05, 0) is 44.9 Å². The third kappa shape index (κ3) is 3.06. The number of hydrogen-bond donors (Lipinski definition) is 1. The average Bonchev–Trinajstić information content (AvgIpc) is 3.02. The molecule has 3 aliphatic rings. The van der Waals surface area contributed by atoms with Crippen molar-refractivity contribution < 1.29 is 0 Å². The molecule has 0 aromatic carbocycles. The zero-order valence-electron chi connectivity index (χ0n) is 13.7. The van der Waals surface area contributed by atoms with E-state index >= 15 is 0 Å². The van der Waals surface area contributed by atoms with Crippen LogP contribution in [0.3, 0.4) is 0 Å². The molecule has 3 fully saturated rings. The molecule has 0 bridgehead atoms. The highest BCUT2D eigenvalue weighted by molar-refractivity contribution is 4.99. The molecule has 116 valence electrons. The number of piperazine rings is 1. The minimum absolute atomic E-state index is 0.355. The van der Waals surface area contributed by atoms with Gasteiger partial charge in [0, 0.05) is 30.7 Å². The van der Waals surface area contributed by atoms with Gasteiger partial charge in [0.25, 0.3) is 0 Å². The maximum absolute atomic E-state index is 3.90. The van der Waals surface area contributed by atoms with Crippen molar-refractivity contribution in [1.82, 2.24) is 10.2 Å². The average molecular weight is 278 g/mol. The van der Waals surface area contributed by atoms with E-state index < -0.39 is 0 Å². The van der Waals surface area contributed by atoms with Gasteiger partial charge in [0.2, 0.25) is 0 Å². The number of nitrogens with one attached hydrogen (secondary N) is 1. The fraction of sp³-hybridized carbons (Fsp3) is 1.00. The van der Waals surface area contributed by atoms with Crippen LogP contribution in [0.4, 0.5) is 0 Å². The highest BCUT2D eigenvalue weighted by Crippen LogP contribution is 2.36. The Hall–Kier alpha value is -0.0800. The van der Waals surface area contributed by atoms with Crippen LogP contribution in [-0.4, -0.2) is 35.6 Å². The smallest absolute Gasteiger partial charge is 0.0278 e. The molecule has 2 heteroatoms. The molecule has 2 aliphatic carbocycles. The van der Waals surface area contributed by atoms with Gasteiger partial charge in [0.15, 0.2) is 0 Å². The van der Waals surface area contributed by atoms with E-state index in [1.807, 2.05) is 0 Å². The van der Waals surface area contributed by atoms with Gasteiger partial charge in [0.1, 0.15) is 0 Å². The molecular formula is C18H34N2. The van der Waals surface area contributed by atoms with E-state index in [0.717, 1.165) is 18.0 Å². The van der Waals surface area contributed by atoms with Crippen molar-refractivity contribution in [2.24, 2.45) is 5.92 Å². The molecule has 20 heavy (non-hydrogen) atoms. The molecular weight excluding hydrogens is 244 g/mol. The van der Waals surface area contributed by atoms with Crippen molar-refractivity contribution in [1.29, 1.82) is 0 Å². The van der Waals surface area contributed by atoms with E-state index in [0.29, 0.717) is 5.54 Å². The predicted octanol–water partition coefficient (Wildman–Crippen LogP) is 3.95. The largest absolute Gasteiger partial charge is 0.309 e. The zero-order valence-corrected chi connectivity index (χ0v) is 13.7. The Morgan fingerprint density at radius 3 is 2.30 bits per heavy atom. The third-order valence-corrected chi connectivity index (χ3v) is 6.46. The first-order valence-electron chi connectivity index (χ1n) is 9.22. The second kappa shape index (κ2) is 6.36. The molecule has 1 heterocycles. The van der Waals surface area contributed by atoms with Crippen LogP contribution in [0.5, 0.6) is 0 Å². The number of rotatable bonds is 3. The van der Waals surface area contributed by atoms with Gasteiger partial charge in [-0.15, -0.1) is 0 Å². The van der Waals surface area contributed by atoms with Crippen molar-refractivity contribution in [3.05, 3.63) is 0 Å². The second-order valence-corrected chi connectivity index (χ2v) is 7.87. The molecule has 2 saturated carbocycles. The summed E-state index contributed by atoms with van der Waals surface area (Å²) in [5.74, 6) is 0.971. The van der Waals surface area contributed by atoms with Crippen molar-refractivity contribution in [3.63, 3.8) is 0 Å². The molecule has 0 spiro atoms. The summed E-state index contributed by atoms with van der Waals surface area (Å²) in [6.07, 6.45) is 14.5. The normalized spacial score (nSPS) is 38.4. The number of hydrogen-bond acceptors (Lipinski definition) is 2. The molecule has 3 rings (SSSR count). The fourth-order valence-electron chi connectivity index (χ4n) is 4.87. The lowest BCUT2D eigenvalue weighted by Gasteiger charge is -2.51. The van der Waals surface area contributed by atoms with E-state index in [4.69, 9.17) is 0 Å². The van der Waals surface area contributed by atoms with E-state index in [1.54, 1.807) is 0 Å². The van der Waals surface area contributed by atoms with Crippen molar-refractivity contribution >= 4 is 0 Å². The van der Waals surface area contributed by atoms with Crippen molar-refractivity contribution in [2.45, 2.75) is 95.7 Å². The van der Waals surface area contributed by atoms with Crippen LogP contribution >= 0.6 is 0 Å². The molecule has 1 N–H and O–H groups in total. The summed E-state index contributed by atoms with van der Waals surface area (Å²) >= 11 is 0. The van der Waals surface area contributed by atoms with E-state index in [1.165, 1.54) is 77.3 Å². The summed E-state index contributed by atoms with van der Waals surface area (Å²) in [6.45, 7) is 7.31. The Balaban J connectivity index is 1.72. The Labute approximate surface area is 125 Å². The van der Waals surface area contributed by atoms with E-state index in [-0.39, 0.29) is 0 Å². The monoisotopic (exact) mass is 278 g/mol. The molecule has 1 saturated heterocycles. The maximum atomic E-state index is 3.90. The van der Waals surface area contributed by atoms with Gasteiger partial charge in [-0.2, -0.15) is 0 Å².